The number of ketones is 1. The van der Waals surface area contributed by atoms with Crippen LogP contribution in [-0.4, -0.2) is 31.2 Å². The monoisotopic (exact) mass is 227 g/mol. The van der Waals surface area contributed by atoms with E-state index in [0.717, 1.165) is 11.8 Å². The number of sulfone groups is 1. The highest BCUT2D eigenvalue weighted by atomic mass is 32.2. The van der Waals surface area contributed by atoms with Crippen LogP contribution in [0.1, 0.15) is 22.3 Å². The maximum atomic E-state index is 11.5. The van der Waals surface area contributed by atoms with Crippen molar-refractivity contribution in [2.24, 2.45) is 0 Å². The molecule has 0 aromatic carbocycles. The third-order valence-corrected chi connectivity index (χ3v) is 2.84. The highest BCUT2D eigenvalue weighted by Crippen LogP contribution is 2.05. The molecule has 0 saturated carbocycles. The smallest absolute Gasteiger partial charge is 0.165 e. The van der Waals surface area contributed by atoms with Crippen molar-refractivity contribution in [3.8, 4) is 0 Å². The molecule has 0 radical (unpaired) electrons. The Morgan fingerprint density at radius 3 is 2.60 bits per heavy atom. The molecule has 0 saturated heterocycles. The lowest BCUT2D eigenvalue weighted by molar-refractivity contribution is 0.0988. The summed E-state index contributed by atoms with van der Waals surface area (Å²) in [5, 5.41) is 0. The molecule has 0 amide bonds. The Balaban J connectivity index is 2.70. The topological polar surface area (TPSA) is 64.1 Å². The number of carbonyl (C=O) groups excluding carboxylic acids is 1. The number of pyridine rings is 1. The molecule has 0 aliphatic carbocycles. The molecule has 0 spiro atoms. The third-order valence-electron chi connectivity index (χ3n) is 1.90. The quantitative estimate of drug-likeness (QED) is 0.720. The Morgan fingerprint density at radius 2 is 2.07 bits per heavy atom. The first kappa shape index (κ1) is 11.8. The second kappa shape index (κ2) is 4.53. The number of aromatic nitrogens is 1. The van der Waals surface area contributed by atoms with E-state index >= 15 is 0 Å². The summed E-state index contributed by atoms with van der Waals surface area (Å²) in [4.78, 5) is 15.4. The zero-order valence-electron chi connectivity index (χ0n) is 8.73. The lowest BCUT2D eigenvalue weighted by atomic mass is 10.1. The minimum absolute atomic E-state index is 0.0178. The number of rotatable bonds is 4. The van der Waals surface area contributed by atoms with E-state index in [2.05, 4.69) is 4.98 Å². The summed E-state index contributed by atoms with van der Waals surface area (Å²) in [6.45, 7) is 1.83. The molecule has 1 aromatic rings. The molecule has 1 heterocycles. The zero-order chi connectivity index (χ0) is 11.5. The van der Waals surface area contributed by atoms with Crippen molar-refractivity contribution in [2.75, 3.05) is 12.0 Å². The van der Waals surface area contributed by atoms with Gasteiger partial charge in [-0.2, -0.15) is 0 Å². The fourth-order valence-corrected chi connectivity index (χ4v) is 1.69. The molecule has 0 fully saturated rings. The molecular weight excluding hydrogens is 214 g/mol. The van der Waals surface area contributed by atoms with Crippen LogP contribution in [-0.2, 0) is 9.84 Å². The van der Waals surface area contributed by atoms with Gasteiger partial charge in [-0.05, 0) is 18.6 Å². The van der Waals surface area contributed by atoms with Gasteiger partial charge in [0.1, 0.15) is 9.84 Å². The molecular formula is C10H13NO3S. The summed E-state index contributed by atoms with van der Waals surface area (Å²) in [7, 11) is -3.08. The van der Waals surface area contributed by atoms with Gasteiger partial charge < -0.3 is 0 Å². The van der Waals surface area contributed by atoms with E-state index in [1.807, 2.05) is 6.92 Å². The molecule has 4 nitrogen and oxygen atoms in total. The molecule has 1 aromatic heterocycles. The van der Waals surface area contributed by atoms with E-state index in [0.29, 0.717) is 5.56 Å². The van der Waals surface area contributed by atoms with Crippen LogP contribution in [0.3, 0.4) is 0 Å². The lowest BCUT2D eigenvalue weighted by Crippen LogP contribution is -2.09. The number of hydrogen-bond acceptors (Lipinski definition) is 4. The van der Waals surface area contributed by atoms with Gasteiger partial charge in [-0.15, -0.1) is 0 Å². The van der Waals surface area contributed by atoms with Crippen molar-refractivity contribution < 1.29 is 13.2 Å². The number of hydrogen-bond donors (Lipinski definition) is 0. The van der Waals surface area contributed by atoms with Crippen molar-refractivity contribution in [3.63, 3.8) is 0 Å². The van der Waals surface area contributed by atoms with E-state index in [-0.39, 0.29) is 18.0 Å². The molecule has 0 unspecified atom stereocenters. The Hall–Kier alpha value is -1.23. The van der Waals surface area contributed by atoms with Crippen molar-refractivity contribution in [1.82, 2.24) is 4.98 Å². The predicted octanol–water partition coefficient (Wildman–Crippen LogP) is 1.01. The largest absolute Gasteiger partial charge is 0.294 e. The molecule has 82 valence electrons. The number of aryl methyl sites for hydroxylation is 1. The predicted molar refractivity (Wildman–Crippen MR) is 57.6 cm³/mol. The Bertz CT molecular complexity index is 465. The lowest BCUT2D eigenvalue weighted by Gasteiger charge is -2.00. The van der Waals surface area contributed by atoms with Gasteiger partial charge in [-0.3, -0.25) is 9.78 Å². The van der Waals surface area contributed by atoms with Crippen LogP contribution < -0.4 is 0 Å². The Kier molecular flexibility index (Phi) is 3.57. The normalized spacial score (nSPS) is 11.3. The van der Waals surface area contributed by atoms with Crippen LogP contribution in [0.25, 0.3) is 0 Å². The SMILES string of the molecule is Cc1cncc(C(=O)CCS(C)(=O)=O)c1. The van der Waals surface area contributed by atoms with Gasteiger partial charge in [0.2, 0.25) is 0 Å². The summed E-state index contributed by atoms with van der Waals surface area (Å²) < 4.78 is 21.7. The minimum Gasteiger partial charge on any atom is -0.294 e. The van der Waals surface area contributed by atoms with E-state index in [1.54, 1.807) is 12.3 Å². The summed E-state index contributed by atoms with van der Waals surface area (Å²) in [6, 6.07) is 1.71. The maximum absolute atomic E-state index is 11.5. The van der Waals surface area contributed by atoms with Crippen molar-refractivity contribution in [3.05, 3.63) is 29.6 Å². The molecule has 0 N–H and O–H groups in total. The molecule has 0 aliphatic heterocycles. The second-order valence-corrected chi connectivity index (χ2v) is 5.81. The van der Waals surface area contributed by atoms with Crippen LogP contribution in [0.4, 0.5) is 0 Å². The zero-order valence-corrected chi connectivity index (χ0v) is 9.54. The van der Waals surface area contributed by atoms with Gasteiger partial charge in [0.05, 0.1) is 5.75 Å². The summed E-state index contributed by atoms with van der Waals surface area (Å²) >= 11 is 0. The minimum atomic E-state index is -3.08. The van der Waals surface area contributed by atoms with Gasteiger partial charge in [-0.25, -0.2) is 8.42 Å². The van der Waals surface area contributed by atoms with Crippen LogP contribution in [0.2, 0.25) is 0 Å². The highest BCUT2D eigenvalue weighted by Gasteiger charge is 2.10. The molecule has 5 heteroatoms. The molecule has 0 atom stereocenters. The first-order valence-electron chi connectivity index (χ1n) is 4.51. The summed E-state index contributed by atoms with van der Waals surface area (Å²) in [5.74, 6) is -0.295. The highest BCUT2D eigenvalue weighted by molar-refractivity contribution is 7.90. The van der Waals surface area contributed by atoms with E-state index in [4.69, 9.17) is 0 Å². The number of Topliss-reactive ketones (excluding diaryl/α,β-unsaturated/α-hetero) is 1. The van der Waals surface area contributed by atoms with Crippen LogP contribution in [0.15, 0.2) is 18.5 Å². The second-order valence-electron chi connectivity index (χ2n) is 3.55. The van der Waals surface area contributed by atoms with Gasteiger partial charge in [0.15, 0.2) is 5.78 Å². The van der Waals surface area contributed by atoms with E-state index < -0.39 is 9.84 Å². The average molecular weight is 227 g/mol. The van der Waals surface area contributed by atoms with Crippen LogP contribution in [0.5, 0.6) is 0 Å². The molecule has 0 aliphatic rings. The average Bonchev–Trinajstić information content (AvgIpc) is 2.13. The standard InChI is InChI=1S/C10H13NO3S/c1-8-5-9(7-11-6-8)10(12)3-4-15(2,13)14/h5-7H,3-4H2,1-2H3. The number of nitrogens with zero attached hydrogens (tertiary/aromatic N) is 1. The molecule has 1 rings (SSSR count). The summed E-state index contributed by atoms with van der Waals surface area (Å²) in [5.41, 5.74) is 1.36. The molecule has 15 heavy (non-hydrogen) atoms. The van der Waals surface area contributed by atoms with Crippen LogP contribution in [0, 0.1) is 6.92 Å². The van der Waals surface area contributed by atoms with E-state index in [1.165, 1.54) is 6.20 Å². The van der Waals surface area contributed by atoms with Crippen LogP contribution >= 0.6 is 0 Å². The van der Waals surface area contributed by atoms with Gasteiger partial charge in [0.25, 0.3) is 0 Å². The fraction of sp³-hybridized carbons (Fsp3) is 0.400. The van der Waals surface area contributed by atoms with Crippen molar-refractivity contribution in [2.45, 2.75) is 13.3 Å². The Labute approximate surface area is 89.3 Å². The Morgan fingerprint density at radius 1 is 1.40 bits per heavy atom. The van der Waals surface area contributed by atoms with E-state index in [9.17, 15) is 13.2 Å². The van der Waals surface area contributed by atoms with Gasteiger partial charge in [-0.1, -0.05) is 0 Å². The van der Waals surface area contributed by atoms with Gasteiger partial charge >= 0.3 is 0 Å². The van der Waals surface area contributed by atoms with Gasteiger partial charge in [0, 0.05) is 30.6 Å². The fourth-order valence-electron chi connectivity index (χ4n) is 1.13. The first-order valence-corrected chi connectivity index (χ1v) is 6.57. The van der Waals surface area contributed by atoms with Crippen molar-refractivity contribution in [1.29, 1.82) is 0 Å². The summed E-state index contributed by atoms with van der Waals surface area (Å²) in [6.07, 6.45) is 4.24. The number of carbonyl (C=O) groups is 1. The third kappa shape index (κ3) is 4.20. The maximum Gasteiger partial charge on any atom is 0.165 e. The molecule has 0 bridgehead atoms. The van der Waals surface area contributed by atoms with Crippen molar-refractivity contribution >= 4 is 15.6 Å². The first-order chi connectivity index (χ1) is 6.88.